The van der Waals surface area contributed by atoms with E-state index in [-0.39, 0.29) is 5.91 Å². The molecule has 0 radical (unpaired) electrons. The Kier molecular flexibility index (Phi) is 5.82. The second kappa shape index (κ2) is 8.10. The Morgan fingerprint density at radius 2 is 2.11 bits per heavy atom. The second-order valence-corrected chi connectivity index (χ2v) is 8.94. The summed E-state index contributed by atoms with van der Waals surface area (Å²) in [5.41, 5.74) is 3.08. The number of nitriles is 1. The summed E-state index contributed by atoms with van der Waals surface area (Å²) in [5, 5.41) is 13.3. The van der Waals surface area contributed by atoms with Crippen LogP contribution in [-0.2, 0) is 17.6 Å². The van der Waals surface area contributed by atoms with Crippen molar-refractivity contribution in [2.24, 2.45) is 11.3 Å². The van der Waals surface area contributed by atoms with Crippen LogP contribution in [0.4, 0.5) is 5.00 Å². The number of anilines is 1. The van der Waals surface area contributed by atoms with Crippen molar-refractivity contribution in [2.45, 2.75) is 46.5 Å². The van der Waals surface area contributed by atoms with Crippen LogP contribution in [0.5, 0.6) is 0 Å². The minimum absolute atomic E-state index is 0.195. The highest BCUT2D eigenvalue weighted by Crippen LogP contribution is 2.45. The van der Waals surface area contributed by atoms with Crippen molar-refractivity contribution in [3.8, 4) is 6.07 Å². The maximum Gasteiger partial charge on any atom is 0.249 e. The number of rotatable bonds is 5. The van der Waals surface area contributed by atoms with Gasteiger partial charge < -0.3 is 5.32 Å². The van der Waals surface area contributed by atoms with Crippen molar-refractivity contribution in [2.75, 3.05) is 5.32 Å². The molecular formula is C23H26N2OS. The molecule has 27 heavy (non-hydrogen) atoms. The van der Waals surface area contributed by atoms with Gasteiger partial charge in [0.2, 0.25) is 5.91 Å². The van der Waals surface area contributed by atoms with Crippen LogP contribution in [0.15, 0.2) is 36.4 Å². The van der Waals surface area contributed by atoms with E-state index in [1.54, 1.807) is 17.4 Å². The van der Waals surface area contributed by atoms with E-state index in [4.69, 9.17) is 0 Å². The van der Waals surface area contributed by atoms with Gasteiger partial charge in [-0.2, -0.15) is 5.26 Å². The Hall–Kier alpha value is -2.38. The van der Waals surface area contributed by atoms with Gasteiger partial charge in [0.25, 0.3) is 0 Å². The fourth-order valence-corrected chi connectivity index (χ4v) is 4.92. The molecule has 140 valence electrons. The molecule has 1 unspecified atom stereocenters. The first-order chi connectivity index (χ1) is 12.9. The number of amides is 1. The van der Waals surface area contributed by atoms with Crippen molar-refractivity contribution in [3.63, 3.8) is 0 Å². The number of thiophene rings is 1. The first-order valence-corrected chi connectivity index (χ1v) is 10.3. The topological polar surface area (TPSA) is 52.9 Å². The lowest BCUT2D eigenvalue weighted by atomic mass is 9.69. The summed E-state index contributed by atoms with van der Waals surface area (Å²) in [4.78, 5) is 13.6. The van der Waals surface area contributed by atoms with Gasteiger partial charge in [0.05, 0.1) is 5.56 Å². The monoisotopic (exact) mass is 378 g/mol. The highest BCUT2D eigenvalue weighted by Gasteiger charge is 2.33. The van der Waals surface area contributed by atoms with Gasteiger partial charge in [0.15, 0.2) is 0 Å². The Labute approximate surface area is 165 Å². The van der Waals surface area contributed by atoms with Crippen LogP contribution in [0.2, 0.25) is 0 Å². The molecule has 1 heterocycles. The normalized spacial score (nSPS) is 16.7. The molecule has 1 N–H and O–H groups in total. The van der Waals surface area contributed by atoms with E-state index in [1.165, 1.54) is 11.0 Å². The van der Waals surface area contributed by atoms with Crippen molar-refractivity contribution < 1.29 is 4.79 Å². The number of nitrogens with one attached hydrogen (secondary N) is 1. The minimum Gasteiger partial charge on any atom is -0.313 e. The van der Waals surface area contributed by atoms with Crippen molar-refractivity contribution in [3.05, 3.63) is 58.0 Å². The largest absolute Gasteiger partial charge is 0.313 e. The quantitative estimate of drug-likeness (QED) is 0.667. The summed E-state index contributed by atoms with van der Waals surface area (Å²) in [7, 11) is 0. The maximum absolute atomic E-state index is 12.3. The van der Waals surface area contributed by atoms with Crippen molar-refractivity contribution >= 4 is 28.3 Å². The van der Waals surface area contributed by atoms with Crippen molar-refractivity contribution in [1.82, 2.24) is 0 Å². The molecule has 3 nitrogen and oxygen atoms in total. The lowest BCUT2D eigenvalue weighted by molar-refractivity contribution is -0.111. The highest BCUT2D eigenvalue weighted by atomic mass is 32.1. The average molecular weight is 379 g/mol. The molecule has 0 saturated carbocycles. The molecule has 4 heteroatoms. The Balaban J connectivity index is 1.77. The Bertz CT molecular complexity index is 887. The molecule has 1 aliphatic rings. The van der Waals surface area contributed by atoms with Gasteiger partial charge in [-0.15, -0.1) is 11.3 Å². The molecule has 2 aromatic rings. The zero-order valence-corrected chi connectivity index (χ0v) is 17.0. The van der Waals surface area contributed by atoms with Gasteiger partial charge in [-0.3, -0.25) is 4.79 Å². The summed E-state index contributed by atoms with van der Waals surface area (Å²) in [6.45, 7) is 6.91. The summed E-state index contributed by atoms with van der Waals surface area (Å²) >= 11 is 1.58. The molecule has 1 aromatic heterocycles. The molecular weight excluding hydrogens is 352 g/mol. The van der Waals surface area contributed by atoms with E-state index in [0.29, 0.717) is 21.9 Å². The predicted octanol–water partition coefficient (Wildman–Crippen LogP) is 5.81. The molecule has 0 aliphatic heterocycles. The van der Waals surface area contributed by atoms with E-state index in [2.05, 4.69) is 32.2 Å². The van der Waals surface area contributed by atoms with E-state index < -0.39 is 0 Å². The highest BCUT2D eigenvalue weighted by molar-refractivity contribution is 7.16. The van der Waals surface area contributed by atoms with E-state index in [9.17, 15) is 10.1 Å². The molecule has 0 bridgehead atoms. The predicted molar refractivity (Wildman–Crippen MR) is 113 cm³/mol. The van der Waals surface area contributed by atoms with Crippen LogP contribution in [0.3, 0.4) is 0 Å². The molecule has 0 fully saturated rings. The van der Waals surface area contributed by atoms with Crippen LogP contribution >= 0.6 is 11.3 Å². The molecule has 1 aromatic carbocycles. The molecule has 3 rings (SSSR count). The Morgan fingerprint density at radius 1 is 1.37 bits per heavy atom. The number of carbonyl (C=O) groups is 1. The van der Waals surface area contributed by atoms with Gasteiger partial charge in [0.1, 0.15) is 11.1 Å². The third-order valence-corrected chi connectivity index (χ3v) is 7.03. The first kappa shape index (κ1) is 19.4. The first-order valence-electron chi connectivity index (χ1n) is 9.53. The molecule has 1 amide bonds. The zero-order valence-electron chi connectivity index (χ0n) is 16.2. The van der Waals surface area contributed by atoms with Crippen LogP contribution in [0.25, 0.3) is 6.08 Å². The van der Waals surface area contributed by atoms with E-state index >= 15 is 0 Å². The van der Waals surface area contributed by atoms with Gasteiger partial charge in [-0.25, -0.2) is 0 Å². The molecule has 0 saturated heterocycles. The number of hydrogen-bond acceptors (Lipinski definition) is 3. The zero-order chi connectivity index (χ0) is 19.4. The number of hydrogen-bond donors (Lipinski definition) is 1. The third-order valence-electron chi connectivity index (χ3n) is 5.86. The average Bonchev–Trinajstić information content (AvgIpc) is 3.03. The van der Waals surface area contributed by atoms with Crippen LogP contribution in [0, 0.1) is 22.7 Å². The van der Waals surface area contributed by atoms with Gasteiger partial charge >= 0.3 is 0 Å². The van der Waals surface area contributed by atoms with Gasteiger partial charge in [-0.1, -0.05) is 57.5 Å². The molecule has 1 atom stereocenters. The SMILES string of the molecule is CCC(C)(C)C1CCc2c(sc(NC(=O)/C=C/c3ccccc3)c2C#N)C1. The van der Waals surface area contributed by atoms with Crippen LogP contribution < -0.4 is 5.32 Å². The number of benzene rings is 1. The second-order valence-electron chi connectivity index (χ2n) is 7.83. The lowest BCUT2D eigenvalue weighted by Gasteiger charge is -2.36. The summed E-state index contributed by atoms with van der Waals surface area (Å²) < 4.78 is 0. The molecule has 0 spiro atoms. The smallest absolute Gasteiger partial charge is 0.249 e. The van der Waals surface area contributed by atoms with Gasteiger partial charge in [-0.05, 0) is 47.8 Å². The number of fused-ring (bicyclic) bond motifs is 1. The van der Waals surface area contributed by atoms with Gasteiger partial charge in [0, 0.05) is 11.0 Å². The third kappa shape index (κ3) is 4.31. The molecule has 1 aliphatic carbocycles. The fraction of sp³-hybridized carbons (Fsp3) is 0.391. The van der Waals surface area contributed by atoms with Crippen LogP contribution in [-0.4, -0.2) is 5.91 Å². The van der Waals surface area contributed by atoms with Crippen molar-refractivity contribution in [1.29, 1.82) is 5.26 Å². The Morgan fingerprint density at radius 3 is 2.78 bits per heavy atom. The standard InChI is InChI=1S/C23H26N2OS/c1-4-23(2,3)17-11-12-18-19(15-24)22(27-20(18)14-17)25-21(26)13-10-16-8-6-5-7-9-16/h5-10,13,17H,4,11-12,14H2,1-3H3,(H,25,26)/b13-10+. The lowest BCUT2D eigenvalue weighted by Crippen LogP contribution is -2.28. The summed E-state index contributed by atoms with van der Waals surface area (Å²) in [5.74, 6) is 0.432. The van der Waals surface area contributed by atoms with E-state index in [1.807, 2.05) is 30.3 Å². The number of carbonyl (C=O) groups excluding carboxylic acids is 1. The maximum atomic E-state index is 12.3. The van der Waals surface area contributed by atoms with E-state index in [0.717, 1.165) is 36.8 Å². The summed E-state index contributed by atoms with van der Waals surface area (Å²) in [6.07, 6.45) is 7.51. The fourth-order valence-electron chi connectivity index (χ4n) is 3.64. The summed E-state index contributed by atoms with van der Waals surface area (Å²) in [6, 6.07) is 12.0. The minimum atomic E-state index is -0.195. The van der Waals surface area contributed by atoms with Crippen LogP contribution in [0.1, 0.15) is 55.2 Å². The number of nitrogens with zero attached hydrogens (tertiary/aromatic N) is 1.